The molecule has 0 aliphatic rings. The van der Waals surface area contributed by atoms with E-state index >= 15 is 0 Å². The summed E-state index contributed by atoms with van der Waals surface area (Å²) in [6, 6.07) is 9.54. The maximum absolute atomic E-state index is 2.56. The van der Waals surface area contributed by atoms with Crippen molar-refractivity contribution in [3.63, 3.8) is 0 Å². The molecule has 2 heteroatoms. The van der Waals surface area contributed by atoms with Crippen molar-refractivity contribution in [1.29, 1.82) is 0 Å². The Morgan fingerprint density at radius 2 is 1.27 bits per heavy atom. The third-order valence-electron chi connectivity index (χ3n) is 5.62. The molecule has 0 heterocycles. The molecule has 0 aromatic heterocycles. The van der Waals surface area contributed by atoms with Crippen molar-refractivity contribution < 1.29 is 0 Å². The summed E-state index contributed by atoms with van der Waals surface area (Å²) in [6.07, 6.45) is 2.66. The van der Waals surface area contributed by atoms with Gasteiger partial charge in [0.25, 0.3) is 0 Å². The molecule has 0 saturated heterocycles. The smallest absolute Gasteiger partial charge is 0.0146 e. The summed E-state index contributed by atoms with van der Waals surface area (Å²) in [5, 5.41) is 3.43. The predicted molar refractivity (Wildman–Crippen MR) is 128 cm³/mol. The fourth-order valence-corrected chi connectivity index (χ4v) is 11.2. The number of benzene rings is 1. The second-order valence-corrected chi connectivity index (χ2v) is 14.6. The molecular formula is C24H44P2. The van der Waals surface area contributed by atoms with Crippen LogP contribution in [0.5, 0.6) is 0 Å². The molecule has 4 atom stereocenters. The van der Waals surface area contributed by atoms with Crippen LogP contribution in [0.4, 0.5) is 0 Å². The third-order valence-corrected chi connectivity index (χ3v) is 12.5. The van der Waals surface area contributed by atoms with Gasteiger partial charge in [-0.3, -0.25) is 0 Å². The molecule has 0 aliphatic heterocycles. The van der Waals surface area contributed by atoms with Crippen molar-refractivity contribution in [1.82, 2.24) is 0 Å². The summed E-state index contributed by atoms with van der Waals surface area (Å²) in [5.74, 6) is 2.31. The molecule has 26 heavy (non-hydrogen) atoms. The van der Waals surface area contributed by atoms with Crippen LogP contribution in [-0.2, 0) is 0 Å². The lowest BCUT2D eigenvalue weighted by atomic mass is 10.0. The molecule has 0 nitrogen and oxygen atoms in total. The van der Waals surface area contributed by atoms with Gasteiger partial charge in [-0.15, -0.1) is 0 Å². The average Bonchev–Trinajstić information content (AvgIpc) is 2.55. The predicted octanol–water partition coefficient (Wildman–Crippen LogP) is 7.44. The minimum absolute atomic E-state index is 0.119. The maximum Gasteiger partial charge on any atom is -0.0146 e. The number of hydrogen-bond acceptors (Lipinski definition) is 0. The van der Waals surface area contributed by atoms with Crippen LogP contribution >= 0.6 is 15.8 Å². The summed E-state index contributed by atoms with van der Waals surface area (Å²) in [4.78, 5) is 0. The van der Waals surface area contributed by atoms with Crippen LogP contribution in [0.1, 0.15) is 75.2 Å². The lowest BCUT2D eigenvalue weighted by Crippen LogP contribution is -2.33. The summed E-state index contributed by atoms with van der Waals surface area (Å²) in [6.45, 7) is 24.4. The second kappa shape index (κ2) is 11.2. The van der Waals surface area contributed by atoms with Crippen LogP contribution in [0.15, 0.2) is 24.3 Å². The highest BCUT2D eigenvalue weighted by Crippen LogP contribution is 2.52. The normalized spacial score (nSPS) is 17.2. The zero-order chi connectivity index (χ0) is 20.0. The first-order chi connectivity index (χ1) is 12.1. The van der Waals surface area contributed by atoms with E-state index in [1.165, 1.54) is 12.8 Å². The fraction of sp³-hybridized carbons (Fsp3) is 0.750. The van der Waals surface area contributed by atoms with Crippen molar-refractivity contribution in [2.75, 3.05) is 6.66 Å². The molecule has 0 spiro atoms. The van der Waals surface area contributed by atoms with Gasteiger partial charge >= 0.3 is 0 Å². The third kappa shape index (κ3) is 6.31. The van der Waals surface area contributed by atoms with Gasteiger partial charge in [0.15, 0.2) is 0 Å². The molecular weight excluding hydrogens is 350 g/mol. The van der Waals surface area contributed by atoms with Crippen LogP contribution < -0.4 is 10.6 Å². The van der Waals surface area contributed by atoms with E-state index < -0.39 is 0 Å². The topological polar surface area (TPSA) is 0 Å². The largest absolute Gasteiger partial charge is 0.0744 e. The van der Waals surface area contributed by atoms with Gasteiger partial charge in [0, 0.05) is 0 Å². The van der Waals surface area contributed by atoms with Gasteiger partial charge in [0.05, 0.1) is 0 Å². The molecule has 0 N–H and O–H groups in total. The molecule has 150 valence electrons. The van der Waals surface area contributed by atoms with Crippen molar-refractivity contribution in [2.24, 2.45) is 17.8 Å². The standard InChI is InChI=1S/C24H44P2/c1-11-21(18(4)5)26(20(8)9)23-15-13-12-14-22(23)25(10)24(19(6)7)16-17(2)3/h12-15,17-21,24H,11,16H2,1-10H3. The van der Waals surface area contributed by atoms with Crippen LogP contribution in [0.2, 0.25) is 0 Å². The first-order valence-corrected chi connectivity index (χ1v) is 14.1. The highest BCUT2D eigenvalue weighted by Gasteiger charge is 2.31. The van der Waals surface area contributed by atoms with Crippen LogP contribution in [-0.4, -0.2) is 23.6 Å². The summed E-state index contributed by atoms with van der Waals surface area (Å²) in [5.41, 5.74) is 2.41. The lowest BCUT2D eigenvalue weighted by molar-refractivity contribution is 0.485. The van der Waals surface area contributed by atoms with E-state index in [4.69, 9.17) is 0 Å². The van der Waals surface area contributed by atoms with Crippen LogP contribution in [0.25, 0.3) is 0 Å². The number of rotatable bonds is 10. The molecule has 0 bridgehead atoms. The van der Waals surface area contributed by atoms with E-state index in [0.29, 0.717) is 0 Å². The lowest BCUT2D eigenvalue weighted by Gasteiger charge is -2.37. The molecule has 0 amide bonds. The Labute approximate surface area is 167 Å². The average molecular weight is 395 g/mol. The monoisotopic (exact) mass is 394 g/mol. The quantitative estimate of drug-likeness (QED) is 0.362. The maximum atomic E-state index is 2.56. The zero-order valence-electron chi connectivity index (χ0n) is 19.1. The Bertz CT molecular complexity index is 519. The van der Waals surface area contributed by atoms with Gasteiger partial charge < -0.3 is 0 Å². The molecule has 4 unspecified atom stereocenters. The van der Waals surface area contributed by atoms with Crippen LogP contribution in [0.3, 0.4) is 0 Å². The Morgan fingerprint density at radius 1 is 0.769 bits per heavy atom. The van der Waals surface area contributed by atoms with Crippen molar-refractivity contribution in [2.45, 2.75) is 92.1 Å². The SMILES string of the molecule is CCC(C(C)C)P(c1ccccc1P(C)C(CC(C)C)C(C)C)C(C)C. The van der Waals surface area contributed by atoms with Crippen LogP contribution in [0, 0.1) is 17.8 Å². The number of hydrogen-bond donors (Lipinski definition) is 0. The Balaban J connectivity index is 3.38. The Morgan fingerprint density at radius 3 is 1.65 bits per heavy atom. The van der Waals surface area contributed by atoms with Gasteiger partial charge in [-0.2, -0.15) is 0 Å². The van der Waals surface area contributed by atoms with E-state index in [0.717, 1.165) is 34.7 Å². The summed E-state index contributed by atoms with van der Waals surface area (Å²) < 4.78 is 0. The van der Waals surface area contributed by atoms with Crippen molar-refractivity contribution in [3.8, 4) is 0 Å². The Kier molecular flexibility index (Phi) is 10.4. The second-order valence-electron chi connectivity index (χ2n) is 9.26. The highest BCUT2D eigenvalue weighted by atomic mass is 31.1. The van der Waals surface area contributed by atoms with E-state index in [1.807, 2.05) is 0 Å². The first kappa shape index (κ1) is 24.1. The van der Waals surface area contributed by atoms with Crippen molar-refractivity contribution in [3.05, 3.63) is 24.3 Å². The minimum Gasteiger partial charge on any atom is -0.0744 e. The van der Waals surface area contributed by atoms with Gasteiger partial charge in [0.1, 0.15) is 0 Å². The highest BCUT2D eigenvalue weighted by molar-refractivity contribution is 7.72. The van der Waals surface area contributed by atoms with E-state index in [2.05, 4.69) is 93.2 Å². The first-order valence-electron chi connectivity index (χ1n) is 10.7. The summed E-state index contributed by atoms with van der Waals surface area (Å²) in [7, 11) is -0.241. The van der Waals surface area contributed by atoms with Gasteiger partial charge in [-0.25, -0.2) is 0 Å². The van der Waals surface area contributed by atoms with E-state index in [9.17, 15) is 0 Å². The molecule has 0 fully saturated rings. The van der Waals surface area contributed by atoms with Gasteiger partial charge in [-0.05, 0) is 64.8 Å². The molecule has 0 saturated carbocycles. The zero-order valence-corrected chi connectivity index (χ0v) is 20.9. The minimum atomic E-state index is -0.122. The molecule has 1 aromatic rings. The Hall–Kier alpha value is 0.0800. The van der Waals surface area contributed by atoms with E-state index in [-0.39, 0.29) is 15.8 Å². The molecule has 1 aromatic carbocycles. The van der Waals surface area contributed by atoms with Gasteiger partial charge in [-0.1, -0.05) is 102 Å². The van der Waals surface area contributed by atoms with E-state index in [1.54, 1.807) is 10.6 Å². The molecule has 1 rings (SSSR count). The summed E-state index contributed by atoms with van der Waals surface area (Å²) >= 11 is 0. The van der Waals surface area contributed by atoms with Gasteiger partial charge in [0.2, 0.25) is 0 Å². The fourth-order valence-electron chi connectivity index (χ4n) is 4.35. The van der Waals surface area contributed by atoms with Crippen molar-refractivity contribution >= 4 is 26.5 Å². The molecule has 0 aliphatic carbocycles. The molecule has 0 radical (unpaired) electrons.